The standard InChI is InChI=1S/C28H30ClN5O6/c1-7-39-25(35)23-22(19-14-31-26(38-6)33-24(19)37-5)18-13-17(29)8-9-20(18)34(23)15-16-10-11-30-21(12-16)32-27(36)40-28(2,3)4/h8-14H,7,15H2,1-6H3,(H,30,32,36). The largest absolute Gasteiger partial charge is 0.480 e. The van der Waals surface area contributed by atoms with Gasteiger partial charge in [0.15, 0.2) is 0 Å². The summed E-state index contributed by atoms with van der Waals surface area (Å²) in [4.78, 5) is 38.6. The fraction of sp³-hybridized carbons (Fsp3) is 0.321. The van der Waals surface area contributed by atoms with E-state index in [9.17, 15) is 9.59 Å². The van der Waals surface area contributed by atoms with Crippen LogP contribution in [0.3, 0.4) is 0 Å². The molecule has 0 unspecified atom stereocenters. The number of ether oxygens (including phenoxy) is 4. The quantitative estimate of drug-likeness (QED) is 0.265. The highest BCUT2D eigenvalue weighted by Gasteiger charge is 2.28. The van der Waals surface area contributed by atoms with Gasteiger partial charge in [-0.3, -0.25) is 5.32 Å². The summed E-state index contributed by atoms with van der Waals surface area (Å²) in [6.45, 7) is 7.45. The Kier molecular flexibility index (Phi) is 8.43. The predicted octanol–water partition coefficient (Wildman–Crippen LogP) is 5.74. The maximum atomic E-state index is 13.5. The Balaban J connectivity index is 1.88. The first kappa shape index (κ1) is 28.6. The molecule has 4 aromatic rings. The number of anilines is 1. The molecule has 0 aliphatic heterocycles. The molecule has 210 valence electrons. The van der Waals surface area contributed by atoms with Gasteiger partial charge in [-0.15, -0.1) is 0 Å². The monoisotopic (exact) mass is 567 g/mol. The first-order valence-corrected chi connectivity index (χ1v) is 12.8. The Morgan fingerprint density at radius 1 is 1.07 bits per heavy atom. The Morgan fingerprint density at radius 2 is 1.85 bits per heavy atom. The van der Waals surface area contributed by atoms with Crippen molar-refractivity contribution < 1.29 is 28.5 Å². The number of aromatic nitrogens is 4. The summed E-state index contributed by atoms with van der Waals surface area (Å²) in [5, 5.41) is 3.79. The lowest BCUT2D eigenvalue weighted by atomic mass is 10.0. The number of halogens is 1. The van der Waals surface area contributed by atoms with Gasteiger partial charge in [-0.1, -0.05) is 11.6 Å². The molecule has 0 spiro atoms. The number of hydrogen-bond acceptors (Lipinski definition) is 9. The number of esters is 1. The molecule has 1 amide bonds. The molecule has 0 atom stereocenters. The highest BCUT2D eigenvalue weighted by atomic mass is 35.5. The van der Waals surface area contributed by atoms with Gasteiger partial charge in [-0.25, -0.2) is 19.6 Å². The number of pyridine rings is 1. The molecule has 12 heteroatoms. The summed E-state index contributed by atoms with van der Waals surface area (Å²) in [5.74, 6) is -0.0394. The van der Waals surface area contributed by atoms with Crippen LogP contribution in [-0.2, 0) is 16.0 Å². The van der Waals surface area contributed by atoms with Crippen LogP contribution < -0.4 is 14.8 Å². The molecule has 40 heavy (non-hydrogen) atoms. The van der Waals surface area contributed by atoms with E-state index in [-0.39, 0.29) is 30.7 Å². The molecule has 0 fully saturated rings. The maximum Gasteiger partial charge on any atom is 0.413 e. The van der Waals surface area contributed by atoms with Crippen molar-refractivity contribution in [2.45, 2.75) is 39.8 Å². The summed E-state index contributed by atoms with van der Waals surface area (Å²) in [6, 6.07) is 8.93. The molecule has 4 rings (SSSR count). The van der Waals surface area contributed by atoms with Gasteiger partial charge in [0.25, 0.3) is 0 Å². The smallest absolute Gasteiger partial charge is 0.413 e. The second kappa shape index (κ2) is 11.8. The van der Waals surface area contributed by atoms with Gasteiger partial charge >= 0.3 is 18.1 Å². The summed E-state index contributed by atoms with van der Waals surface area (Å²) >= 11 is 6.41. The number of benzene rings is 1. The van der Waals surface area contributed by atoms with Gasteiger partial charge in [0, 0.05) is 40.4 Å². The van der Waals surface area contributed by atoms with Crippen LogP contribution in [0.5, 0.6) is 11.9 Å². The van der Waals surface area contributed by atoms with Gasteiger partial charge in [0.2, 0.25) is 5.88 Å². The molecule has 1 aromatic carbocycles. The fourth-order valence-corrected chi connectivity index (χ4v) is 4.36. The molecule has 1 N–H and O–H groups in total. The predicted molar refractivity (Wildman–Crippen MR) is 150 cm³/mol. The molecule has 11 nitrogen and oxygen atoms in total. The van der Waals surface area contributed by atoms with Crippen molar-refractivity contribution in [2.24, 2.45) is 0 Å². The van der Waals surface area contributed by atoms with Gasteiger partial charge in [-0.05, 0) is 63.6 Å². The van der Waals surface area contributed by atoms with E-state index in [2.05, 4.69) is 20.3 Å². The van der Waals surface area contributed by atoms with E-state index >= 15 is 0 Å². The van der Waals surface area contributed by atoms with Crippen molar-refractivity contribution in [3.63, 3.8) is 0 Å². The van der Waals surface area contributed by atoms with Crippen LogP contribution in [0.2, 0.25) is 5.02 Å². The fourth-order valence-electron chi connectivity index (χ4n) is 4.18. The first-order chi connectivity index (χ1) is 19.0. The number of amides is 1. The second-order valence-electron chi connectivity index (χ2n) is 9.65. The van der Waals surface area contributed by atoms with Crippen molar-refractivity contribution in [3.05, 3.63) is 59.0 Å². The molecule has 3 heterocycles. The molecule has 3 aromatic heterocycles. The zero-order valence-electron chi connectivity index (χ0n) is 23.1. The summed E-state index contributed by atoms with van der Waals surface area (Å²) in [5.41, 5.74) is 2.01. The summed E-state index contributed by atoms with van der Waals surface area (Å²) < 4.78 is 23.3. The molecule has 0 bridgehead atoms. The minimum Gasteiger partial charge on any atom is -0.480 e. The van der Waals surface area contributed by atoms with Crippen molar-refractivity contribution in [1.82, 2.24) is 19.5 Å². The minimum absolute atomic E-state index is 0.113. The Bertz CT molecular complexity index is 1560. The van der Waals surface area contributed by atoms with Crippen LogP contribution in [-0.4, -0.2) is 58.0 Å². The van der Waals surface area contributed by atoms with Crippen LogP contribution in [0.15, 0.2) is 42.7 Å². The van der Waals surface area contributed by atoms with E-state index in [1.54, 1.807) is 58.2 Å². The number of carbonyl (C=O) groups excluding carboxylic acids is 2. The molecular weight excluding hydrogens is 538 g/mol. The van der Waals surface area contributed by atoms with E-state index in [0.717, 1.165) is 5.56 Å². The Hall–Kier alpha value is -4.38. The molecule has 0 aliphatic carbocycles. The topological polar surface area (TPSA) is 127 Å². The van der Waals surface area contributed by atoms with E-state index in [4.69, 9.17) is 30.5 Å². The Morgan fingerprint density at radius 3 is 2.52 bits per heavy atom. The van der Waals surface area contributed by atoms with Crippen molar-refractivity contribution in [3.8, 4) is 23.0 Å². The first-order valence-electron chi connectivity index (χ1n) is 12.4. The van der Waals surface area contributed by atoms with E-state index in [1.807, 2.05) is 10.6 Å². The number of rotatable bonds is 8. The molecule has 0 radical (unpaired) electrons. The number of nitrogens with zero attached hydrogens (tertiary/aromatic N) is 4. The molecular formula is C28H30ClN5O6. The van der Waals surface area contributed by atoms with E-state index in [1.165, 1.54) is 20.4 Å². The number of fused-ring (bicyclic) bond motifs is 1. The average molecular weight is 568 g/mol. The number of carbonyl (C=O) groups is 2. The van der Waals surface area contributed by atoms with Crippen LogP contribution in [0.1, 0.15) is 43.7 Å². The maximum absolute atomic E-state index is 13.5. The van der Waals surface area contributed by atoms with Gasteiger partial charge in [-0.2, -0.15) is 4.98 Å². The number of nitrogens with one attached hydrogen (secondary N) is 1. The van der Waals surface area contributed by atoms with Gasteiger partial charge in [0.1, 0.15) is 17.1 Å². The second-order valence-corrected chi connectivity index (χ2v) is 10.1. The normalized spacial score (nSPS) is 11.3. The molecule has 0 saturated carbocycles. The van der Waals surface area contributed by atoms with E-state index < -0.39 is 17.7 Å². The highest BCUT2D eigenvalue weighted by molar-refractivity contribution is 6.31. The van der Waals surface area contributed by atoms with Crippen LogP contribution in [0.25, 0.3) is 22.0 Å². The Labute approximate surface area is 236 Å². The minimum atomic E-state index is -0.663. The SMILES string of the molecule is CCOC(=O)c1c(-c2cnc(OC)nc2OC)c2cc(Cl)ccc2n1Cc1ccnc(NC(=O)OC(C)(C)C)c1. The lowest BCUT2D eigenvalue weighted by Crippen LogP contribution is -2.27. The zero-order chi connectivity index (χ0) is 29.0. The zero-order valence-corrected chi connectivity index (χ0v) is 23.8. The lowest BCUT2D eigenvalue weighted by molar-refractivity contribution is 0.0515. The molecule has 0 saturated heterocycles. The highest BCUT2D eigenvalue weighted by Crippen LogP contribution is 2.41. The van der Waals surface area contributed by atoms with Crippen molar-refractivity contribution in [1.29, 1.82) is 0 Å². The van der Waals surface area contributed by atoms with E-state index in [0.29, 0.717) is 32.9 Å². The van der Waals surface area contributed by atoms with Crippen LogP contribution >= 0.6 is 11.6 Å². The summed E-state index contributed by atoms with van der Waals surface area (Å²) in [6.07, 6.45) is 2.47. The lowest BCUT2D eigenvalue weighted by Gasteiger charge is -2.19. The van der Waals surface area contributed by atoms with Crippen LogP contribution in [0.4, 0.5) is 10.6 Å². The number of hydrogen-bond donors (Lipinski definition) is 1. The van der Waals surface area contributed by atoms with Crippen LogP contribution in [0, 0.1) is 0 Å². The third-order valence-corrected chi connectivity index (χ3v) is 5.90. The third-order valence-electron chi connectivity index (χ3n) is 5.67. The van der Waals surface area contributed by atoms with Crippen molar-refractivity contribution >= 4 is 40.4 Å². The number of methoxy groups -OCH3 is 2. The third kappa shape index (κ3) is 6.26. The molecule has 0 aliphatic rings. The van der Waals surface area contributed by atoms with Gasteiger partial charge in [0.05, 0.1) is 26.4 Å². The van der Waals surface area contributed by atoms with Gasteiger partial charge < -0.3 is 23.5 Å². The summed E-state index contributed by atoms with van der Waals surface area (Å²) in [7, 11) is 2.92. The van der Waals surface area contributed by atoms with Crippen molar-refractivity contribution in [2.75, 3.05) is 26.1 Å². The average Bonchev–Trinajstić information content (AvgIpc) is 3.20.